The van der Waals surface area contributed by atoms with Crippen LogP contribution in [-0.4, -0.2) is 36.1 Å². The molecule has 110 valence electrons. The number of carboxylic acids is 1. The van der Waals surface area contributed by atoms with Gasteiger partial charge in [-0.25, -0.2) is 0 Å². The lowest BCUT2D eigenvalue weighted by molar-refractivity contribution is -0.143. The zero-order valence-electron chi connectivity index (χ0n) is 11.9. The summed E-state index contributed by atoms with van der Waals surface area (Å²) in [6.45, 7) is 5.24. The van der Waals surface area contributed by atoms with Gasteiger partial charge in [-0.2, -0.15) is 0 Å². The first-order valence-electron chi connectivity index (χ1n) is 7.22. The van der Waals surface area contributed by atoms with Crippen molar-refractivity contribution in [2.75, 3.05) is 13.1 Å². The van der Waals surface area contributed by atoms with Gasteiger partial charge in [0.05, 0.1) is 12.5 Å². The smallest absolute Gasteiger partial charge is 0.306 e. The van der Waals surface area contributed by atoms with Gasteiger partial charge < -0.3 is 15.7 Å². The highest BCUT2D eigenvalue weighted by molar-refractivity contribution is 5.78. The van der Waals surface area contributed by atoms with Gasteiger partial charge in [0.25, 0.3) is 0 Å². The lowest BCUT2D eigenvalue weighted by Crippen LogP contribution is -2.42. The summed E-state index contributed by atoms with van der Waals surface area (Å²) in [5.41, 5.74) is 0. The van der Waals surface area contributed by atoms with Gasteiger partial charge in [0.2, 0.25) is 5.91 Å². The summed E-state index contributed by atoms with van der Waals surface area (Å²) in [6, 6.07) is 0.158. The third kappa shape index (κ3) is 6.57. The molecule has 1 aliphatic carbocycles. The maximum absolute atomic E-state index is 11.6. The van der Waals surface area contributed by atoms with Crippen LogP contribution in [-0.2, 0) is 9.59 Å². The molecule has 5 heteroatoms. The van der Waals surface area contributed by atoms with Gasteiger partial charge in [0, 0.05) is 12.6 Å². The molecule has 1 saturated carbocycles. The van der Waals surface area contributed by atoms with Crippen LogP contribution in [0.5, 0.6) is 0 Å². The number of carboxylic acid groups (broad SMARTS) is 1. The monoisotopic (exact) mass is 270 g/mol. The summed E-state index contributed by atoms with van der Waals surface area (Å²) in [5.74, 6) is -0.385. The molecule has 0 radical (unpaired) electrons. The molecule has 0 bridgehead atoms. The van der Waals surface area contributed by atoms with Crippen LogP contribution in [0.1, 0.15) is 46.0 Å². The molecule has 0 spiro atoms. The SMILES string of the molecule is CC(C)CCNC(=O)CNC1CCCC(C(=O)O)C1. The molecular formula is C14H26N2O3. The molecule has 0 heterocycles. The molecule has 5 nitrogen and oxygen atoms in total. The Balaban J connectivity index is 2.17. The molecular weight excluding hydrogens is 244 g/mol. The standard InChI is InChI=1S/C14H26N2O3/c1-10(2)6-7-15-13(17)9-16-12-5-3-4-11(8-12)14(18)19/h10-12,16H,3-9H2,1-2H3,(H,15,17)(H,18,19). The Kier molecular flexibility index (Phi) is 6.84. The molecule has 2 unspecified atom stereocenters. The molecule has 1 rings (SSSR count). The van der Waals surface area contributed by atoms with Crippen molar-refractivity contribution in [3.8, 4) is 0 Å². The number of amides is 1. The van der Waals surface area contributed by atoms with Crippen molar-refractivity contribution in [1.29, 1.82) is 0 Å². The number of nitrogens with one attached hydrogen (secondary N) is 2. The average molecular weight is 270 g/mol. The predicted octanol–water partition coefficient (Wildman–Crippen LogP) is 1.38. The Labute approximate surface area is 115 Å². The maximum Gasteiger partial charge on any atom is 0.306 e. The molecule has 2 atom stereocenters. The largest absolute Gasteiger partial charge is 0.481 e. The number of carbonyl (C=O) groups excluding carboxylic acids is 1. The van der Waals surface area contributed by atoms with Gasteiger partial charge in [-0.15, -0.1) is 0 Å². The van der Waals surface area contributed by atoms with Crippen LogP contribution >= 0.6 is 0 Å². The Bertz CT molecular complexity index is 305. The van der Waals surface area contributed by atoms with Crippen LogP contribution < -0.4 is 10.6 Å². The Hall–Kier alpha value is -1.10. The number of rotatable bonds is 7. The average Bonchev–Trinajstić information content (AvgIpc) is 2.36. The lowest BCUT2D eigenvalue weighted by atomic mass is 9.86. The lowest BCUT2D eigenvalue weighted by Gasteiger charge is -2.27. The van der Waals surface area contributed by atoms with Gasteiger partial charge in [0.1, 0.15) is 0 Å². The fourth-order valence-corrected chi connectivity index (χ4v) is 2.40. The molecule has 1 aliphatic rings. The first kappa shape index (κ1) is 16.0. The molecule has 1 amide bonds. The van der Waals surface area contributed by atoms with E-state index >= 15 is 0 Å². The van der Waals surface area contributed by atoms with Crippen LogP contribution in [0.15, 0.2) is 0 Å². The van der Waals surface area contributed by atoms with Crippen LogP contribution in [0.2, 0.25) is 0 Å². The number of hydrogen-bond donors (Lipinski definition) is 3. The molecule has 0 saturated heterocycles. The van der Waals surface area contributed by atoms with Crippen molar-refractivity contribution in [3.05, 3.63) is 0 Å². The number of hydrogen-bond acceptors (Lipinski definition) is 3. The second-order valence-corrected chi connectivity index (χ2v) is 5.81. The Morgan fingerprint density at radius 2 is 2.05 bits per heavy atom. The van der Waals surface area contributed by atoms with E-state index in [-0.39, 0.29) is 24.4 Å². The van der Waals surface area contributed by atoms with Crippen molar-refractivity contribution in [3.63, 3.8) is 0 Å². The first-order chi connectivity index (χ1) is 8.99. The van der Waals surface area contributed by atoms with Gasteiger partial charge in [-0.1, -0.05) is 20.3 Å². The Morgan fingerprint density at radius 1 is 1.32 bits per heavy atom. The van der Waals surface area contributed by atoms with Crippen molar-refractivity contribution >= 4 is 11.9 Å². The maximum atomic E-state index is 11.6. The molecule has 1 fully saturated rings. The van der Waals surface area contributed by atoms with E-state index in [0.29, 0.717) is 18.9 Å². The van der Waals surface area contributed by atoms with Crippen molar-refractivity contribution in [2.45, 2.75) is 52.0 Å². The quantitative estimate of drug-likeness (QED) is 0.653. The zero-order chi connectivity index (χ0) is 14.3. The summed E-state index contributed by atoms with van der Waals surface area (Å²) >= 11 is 0. The summed E-state index contributed by atoms with van der Waals surface area (Å²) in [4.78, 5) is 22.5. The van der Waals surface area contributed by atoms with Crippen molar-refractivity contribution < 1.29 is 14.7 Å². The van der Waals surface area contributed by atoms with Gasteiger partial charge in [-0.3, -0.25) is 9.59 Å². The summed E-state index contributed by atoms with van der Waals surface area (Å²) in [7, 11) is 0. The summed E-state index contributed by atoms with van der Waals surface area (Å²) in [6.07, 6.45) is 4.26. The van der Waals surface area contributed by atoms with E-state index in [4.69, 9.17) is 5.11 Å². The topological polar surface area (TPSA) is 78.4 Å². The van der Waals surface area contributed by atoms with E-state index in [9.17, 15) is 9.59 Å². The minimum atomic E-state index is -0.715. The van der Waals surface area contributed by atoms with Crippen LogP contribution in [0, 0.1) is 11.8 Å². The van der Waals surface area contributed by atoms with E-state index in [0.717, 1.165) is 25.7 Å². The first-order valence-corrected chi connectivity index (χ1v) is 7.22. The Morgan fingerprint density at radius 3 is 2.68 bits per heavy atom. The summed E-state index contributed by atoms with van der Waals surface area (Å²) < 4.78 is 0. The molecule has 0 aromatic rings. The molecule has 19 heavy (non-hydrogen) atoms. The highest BCUT2D eigenvalue weighted by atomic mass is 16.4. The second-order valence-electron chi connectivity index (χ2n) is 5.81. The highest BCUT2D eigenvalue weighted by Crippen LogP contribution is 2.24. The number of carbonyl (C=O) groups is 2. The minimum absolute atomic E-state index is 0.00176. The molecule has 3 N–H and O–H groups in total. The second kappa shape index (κ2) is 8.15. The van der Waals surface area contributed by atoms with Crippen LogP contribution in [0.3, 0.4) is 0 Å². The third-order valence-corrected chi connectivity index (χ3v) is 3.62. The molecule has 0 aromatic heterocycles. The van der Waals surface area contributed by atoms with E-state index in [1.807, 2.05) is 0 Å². The van der Waals surface area contributed by atoms with E-state index in [1.165, 1.54) is 0 Å². The van der Waals surface area contributed by atoms with Crippen LogP contribution in [0.25, 0.3) is 0 Å². The number of aliphatic carboxylic acids is 1. The summed E-state index contributed by atoms with van der Waals surface area (Å²) in [5, 5.41) is 15.0. The fourth-order valence-electron chi connectivity index (χ4n) is 2.40. The van der Waals surface area contributed by atoms with Gasteiger partial charge in [-0.05, 0) is 31.6 Å². The molecule has 0 aliphatic heterocycles. The van der Waals surface area contributed by atoms with E-state index in [2.05, 4.69) is 24.5 Å². The third-order valence-electron chi connectivity index (χ3n) is 3.62. The van der Waals surface area contributed by atoms with E-state index < -0.39 is 5.97 Å². The van der Waals surface area contributed by atoms with Gasteiger partial charge >= 0.3 is 5.97 Å². The minimum Gasteiger partial charge on any atom is -0.481 e. The van der Waals surface area contributed by atoms with Crippen molar-refractivity contribution in [2.24, 2.45) is 11.8 Å². The predicted molar refractivity (Wildman–Crippen MR) is 73.8 cm³/mol. The van der Waals surface area contributed by atoms with Crippen molar-refractivity contribution in [1.82, 2.24) is 10.6 Å². The molecule has 0 aromatic carbocycles. The van der Waals surface area contributed by atoms with Gasteiger partial charge in [0.15, 0.2) is 0 Å². The van der Waals surface area contributed by atoms with E-state index in [1.54, 1.807) is 0 Å². The normalized spacial score (nSPS) is 23.3. The zero-order valence-corrected chi connectivity index (χ0v) is 11.9. The highest BCUT2D eigenvalue weighted by Gasteiger charge is 2.26. The van der Waals surface area contributed by atoms with Crippen LogP contribution in [0.4, 0.5) is 0 Å². The fraction of sp³-hybridized carbons (Fsp3) is 0.857.